The number of amides is 3. The Labute approximate surface area is 183 Å². The highest BCUT2D eigenvalue weighted by Crippen LogP contribution is 2.53. The molecule has 0 unspecified atom stereocenters. The van der Waals surface area contributed by atoms with Crippen LogP contribution < -0.4 is 16.0 Å². The van der Waals surface area contributed by atoms with Crippen molar-refractivity contribution < 1.29 is 19.5 Å². The Morgan fingerprint density at radius 1 is 1.00 bits per heavy atom. The molecule has 4 atom stereocenters. The van der Waals surface area contributed by atoms with Gasteiger partial charge in [0.2, 0.25) is 5.91 Å². The number of carbonyl (C=O) groups excluding carboxylic acids is 2. The molecule has 3 amide bonds. The summed E-state index contributed by atoms with van der Waals surface area (Å²) in [5.74, 6) is 1.53. The van der Waals surface area contributed by atoms with Crippen LogP contribution in [0.25, 0.3) is 0 Å². The molecule has 7 nitrogen and oxygen atoms in total. The van der Waals surface area contributed by atoms with Crippen LogP contribution in [0, 0.1) is 23.7 Å². The van der Waals surface area contributed by atoms with Crippen molar-refractivity contribution in [3.8, 4) is 0 Å². The number of rotatable bonds is 11. The van der Waals surface area contributed by atoms with Crippen LogP contribution in [0.2, 0.25) is 0 Å². The number of fused-ring (bicyclic) bond motifs is 2. The van der Waals surface area contributed by atoms with Gasteiger partial charge in [0.1, 0.15) is 0 Å². The summed E-state index contributed by atoms with van der Waals surface area (Å²) < 4.78 is 0. The average Bonchev–Trinajstić information content (AvgIpc) is 3.35. The van der Waals surface area contributed by atoms with Gasteiger partial charge < -0.3 is 21.1 Å². The summed E-state index contributed by atoms with van der Waals surface area (Å²) >= 11 is 0. The molecule has 1 aromatic carbocycles. The smallest absolute Gasteiger partial charge is 0.319 e. The predicted molar refractivity (Wildman–Crippen MR) is 120 cm³/mol. The number of allylic oxidation sites excluding steroid dienone is 2. The highest BCUT2D eigenvalue weighted by molar-refractivity contribution is 5.92. The molecular formula is C24H33N3O4. The lowest BCUT2D eigenvalue weighted by atomic mass is 9.77. The number of nitrogens with one attached hydrogen (secondary N) is 3. The molecule has 31 heavy (non-hydrogen) atoms. The molecule has 2 saturated carbocycles. The maximum atomic E-state index is 12.2. The van der Waals surface area contributed by atoms with E-state index in [9.17, 15) is 14.4 Å². The normalized spacial score (nSPS) is 24.3. The third kappa shape index (κ3) is 7.12. The van der Waals surface area contributed by atoms with Gasteiger partial charge >= 0.3 is 12.0 Å². The van der Waals surface area contributed by atoms with Gasteiger partial charge in [-0.3, -0.25) is 9.59 Å². The van der Waals surface area contributed by atoms with Crippen LogP contribution in [-0.4, -0.2) is 36.1 Å². The molecule has 0 heterocycles. The van der Waals surface area contributed by atoms with Crippen molar-refractivity contribution in [3.63, 3.8) is 0 Å². The molecule has 0 saturated heterocycles. The molecule has 1 aromatic rings. The lowest BCUT2D eigenvalue weighted by Crippen LogP contribution is -2.42. The Morgan fingerprint density at radius 3 is 2.48 bits per heavy atom. The summed E-state index contributed by atoms with van der Waals surface area (Å²) in [7, 11) is 0. The Kier molecular flexibility index (Phi) is 8.50. The van der Waals surface area contributed by atoms with E-state index in [2.05, 4.69) is 28.1 Å². The van der Waals surface area contributed by atoms with Gasteiger partial charge in [-0.15, -0.1) is 0 Å². The minimum Gasteiger partial charge on any atom is -0.481 e. The second-order valence-electron chi connectivity index (χ2n) is 8.63. The standard InChI is InChI=1S/C24H33N3O4/c28-22(16-26-24(31)27-19-8-4-3-5-9-19)25-15-21-18-13-12-17(14-18)20(21)10-6-1-2-7-11-23(29)30/h1,3-6,8-9,17-18,20-21H,2,7,10-16H2,(H,25,28)(H,29,30)(H2,26,27,31)/b6-1-/t17-,18+,20-,21+/m0/s1. The Hall–Kier alpha value is -2.83. The molecule has 0 radical (unpaired) electrons. The minimum atomic E-state index is -0.746. The Balaban J connectivity index is 1.37. The van der Waals surface area contributed by atoms with E-state index in [-0.39, 0.29) is 18.9 Å². The fourth-order valence-corrected chi connectivity index (χ4v) is 5.11. The van der Waals surface area contributed by atoms with Crippen LogP contribution in [0.5, 0.6) is 0 Å². The van der Waals surface area contributed by atoms with E-state index in [1.807, 2.05) is 18.2 Å². The van der Waals surface area contributed by atoms with Crippen molar-refractivity contribution in [2.75, 3.05) is 18.4 Å². The molecule has 0 aromatic heterocycles. The van der Waals surface area contributed by atoms with Crippen molar-refractivity contribution in [3.05, 3.63) is 42.5 Å². The second-order valence-corrected chi connectivity index (χ2v) is 8.63. The summed E-state index contributed by atoms with van der Waals surface area (Å²) in [5.41, 5.74) is 0.682. The molecule has 2 aliphatic rings. The quantitative estimate of drug-likeness (QED) is 0.318. The highest BCUT2D eigenvalue weighted by Gasteiger charge is 2.46. The van der Waals surface area contributed by atoms with Gasteiger partial charge in [0, 0.05) is 18.7 Å². The van der Waals surface area contributed by atoms with E-state index in [1.54, 1.807) is 12.1 Å². The zero-order valence-electron chi connectivity index (χ0n) is 17.9. The van der Waals surface area contributed by atoms with Crippen molar-refractivity contribution in [1.29, 1.82) is 0 Å². The van der Waals surface area contributed by atoms with Gasteiger partial charge in [0.25, 0.3) is 0 Å². The third-order valence-corrected chi connectivity index (χ3v) is 6.59. The minimum absolute atomic E-state index is 0.0480. The van der Waals surface area contributed by atoms with Gasteiger partial charge in [0.15, 0.2) is 0 Å². The monoisotopic (exact) mass is 427 g/mol. The van der Waals surface area contributed by atoms with Crippen LogP contribution in [0.3, 0.4) is 0 Å². The Bertz CT molecular complexity index is 780. The van der Waals surface area contributed by atoms with Crippen LogP contribution in [0.1, 0.15) is 44.9 Å². The number of para-hydroxylation sites is 1. The number of hydrogen-bond acceptors (Lipinski definition) is 3. The second kappa shape index (κ2) is 11.5. The fourth-order valence-electron chi connectivity index (χ4n) is 5.11. The maximum Gasteiger partial charge on any atom is 0.319 e. The van der Waals surface area contributed by atoms with Crippen LogP contribution in [-0.2, 0) is 9.59 Å². The first-order valence-corrected chi connectivity index (χ1v) is 11.3. The van der Waals surface area contributed by atoms with E-state index in [1.165, 1.54) is 19.3 Å². The number of hydrogen-bond donors (Lipinski definition) is 4. The topological polar surface area (TPSA) is 108 Å². The zero-order chi connectivity index (χ0) is 22.1. The number of anilines is 1. The van der Waals surface area contributed by atoms with Gasteiger partial charge in [-0.25, -0.2) is 4.79 Å². The number of carboxylic acid groups (broad SMARTS) is 1. The predicted octanol–water partition coefficient (Wildman–Crippen LogP) is 3.79. The molecule has 0 spiro atoms. The summed E-state index contributed by atoms with van der Waals surface area (Å²) in [6.45, 7) is 0.604. The van der Waals surface area contributed by atoms with Gasteiger partial charge in [-0.2, -0.15) is 0 Å². The summed E-state index contributed by atoms with van der Waals surface area (Å²) in [6.07, 6.45) is 10.7. The maximum absolute atomic E-state index is 12.2. The van der Waals surface area contributed by atoms with Gasteiger partial charge in [0.05, 0.1) is 6.54 Å². The molecular weight excluding hydrogens is 394 g/mol. The zero-order valence-corrected chi connectivity index (χ0v) is 17.9. The van der Waals surface area contributed by atoms with Gasteiger partial charge in [-0.1, -0.05) is 30.4 Å². The van der Waals surface area contributed by atoms with Crippen LogP contribution >= 0.6 is 0 Å². The van der Waals surface area contributed by atoms with E-state index >= 15 is 0 Å². The molecule has 2 fully saturated rings. The number of urea groups is 1. The molecule has 7 heteroatoms. The number of unbranched alkanes of at least 4 members (excludes halogenated alkanes) is 1. The third-order valence-electron chi connectivity index (χ3n) is 6.59. The van der Waals surface area contributed by atoms with Crippen molar-refractivity contribution >= 4 is 23.6 Å². The van der Waals surface area contributed by atoms with Crippen LogP contribution in [0.4, 0.5) is 10.5 Å². The van der Waals surface area contributed by atoms with E-state index in [4.69, 9.17) is 5.11 Å². The largest absolute Gasteiger partial charge is 0.481 e. The van der Waals surface area contributed by atoms with Crippen molar-refractivity contribution in [1.82, 2.24) is 10.6 Å². The fraction of sp³-hybridized carbons (Fsp3) is 0.542. The van der Waals surface area contributed by atoms with Gasteiger partial charge in [-0.05, 0) is 74.3 Å². The average molecular weight is 428 g/mol. The molecule has 2 aliphatic carbocycles. The molecule has 4 N–H and O–H groups in total. The van der Waals surface area contributed by atoms with E-state index in [0.717, 1.165) is 18.8 Å². The highest BCUT2D eigenvalue weighted by atomic mass is 16.4. The van der Waals surface area contributed by atoms with Crippen LogP contribution in [0.15, 0.2) is 42.5 Å². The number of carboxylic acids is 1. The lowest BCUT2D eigenvalue weighted by Gasteiger charge is -2.30. The summed E-state index contributed by atoms with van der Waals surface area (Å²) in [6, 6.07) is 8.71. The van der Waals surface area contributed by atoms with Crippen molar-refractivity contribution in [2.45, 2.75) is 44.9 Å². The first-order valence-electron chi connectivity index (χ1n) is 11.3. The van der Waals surface area contributed by atoms with E-state index in [0.29, 0.717) is 36.4 Å². The lowest BCUT2D eigenvalue weighted by molar-refractivity contribution is -0.137. The number of aliphatic carboxylic acids is 1. The SMILES string of the molecule is O=C(O)CCC/C=C\C[C@H]1[C@H]2CC[C@H](C2)[C@H]1CNC(=O)CNC(=O)Nc1ccccc1. The molecule has 2 bridgehead atoms. The first kappa shape index (κ1) is 22.8. The number of benzene rings is 1. The Morgan fingerprint density at radius 2 is 1.74 bits per heavy atom. The molecule has 0 aliphatic heterocycles. The molecule has 3 rings (SSSR count). The first-order chi connectivity index (χ1) is 15.0. The van der Waals surface area contributed by atoms with E-state index < -0.39 is 12.0 Å². The molecule has 168 valence electrons. The summed E-state index contributed by atoms with van der Waals surface area (Å²) in [4.78, 5) is 34.7. The van der Waals surface area contributed by atoms with Crippen molar-refractivity contribution in [2.24, 2.45) is 23.7 Å². The number of carbonyl (C=O) groups is 3. The summed E-state index contributed by atoms with van der Waals surface area (Å²) in [5, 5.41) is 17.0.